The highest BCUT2D eigenvalue weighted by Gasteiger charge is 2.04. The van der Waals surface area contributed by atoms with Crippen molar-refractivity contribution in [2.45, 2.75) is 58.3 Å². The second-order valence-corrected chi connectivity index (χ2v) is 8.41. The molecule has 29 heavy (non-hydrogen) atoms. The lowest BCUT2D eigenvalue weighted by molar-refractivity contribution is -0.137. The molecule has 1 aromatic carbocycles. The maximum Gasteiger partial charge on any atom is 0.303 e. The third-order valence-electron chi connectivity index (χ3n) is 4.12. The normalized spacial score (nSPS) is 11.1. The molecule has 2 N–H and O–H groups in total. The Bertz CT molecular complexity index is 659. The van der Waals surface area contributed by atoms with Crippen LogP contribution in [-0.2, 0) is 9.59 Å². The summed E-state index contributed by atoms with van der Waals surface area (Å²) in [6.45, 7) is 3.41. The van der Waals surface area contributed by atoms with Crippen LogP contribution in [0.5, 0.6) is 5.75 Å². The lowest BCUT2D eigenvalue weighted by atomic mass is 10.1. The van der Waals surface area contributed by atoms with Gasteiger partial charge >= 0.3 is 5.97 Å². The maximum atomic E-state index is 11.3. The van der Waals surface area contributed by atoms with E-state index in [1.807, 2.05) is 24.3 Å². The van der Waals surface area contributed by atoms with Gasteiger partial charge in [0.15, 0.2) is 6.29 Å². The number of unbranched alkanes of at least 4 members (excludes halogenated alkanes) is 5. The second-order valence-electron chi connectivity index (χ2n) is 6.66. The largest absolute Gasteiger partial charge is 0.494 e. The Morgan fingerprint density at radius 2 is 1.83 bits per heavy atom. The van der Waals surface area contributed by atoms with Crippen LogP contribution in [0.15, 0.2) is 29.2 Å². The van der Waals surface area contributed by atoms with Gasteiger partial charge in [0.2, 0.25) is 0 Å². The molecular weight excluding hydrogens is 406 g/mol. The summed E-state index contributed by atoms with van der Waals surface area (Å²) in [4.78, 5) is 22.3. The Morgan fingerprint density at radius 3 is 2.48 bits per heavy atom. The van der Waals surface area contributed by atoms with Gasteiger partial charge in [-0.05, 0) is 36.6 Å². The van der Waals surface area contributed by atoms with Crippen molar-refractivity contribution >= 4 is 46.6 Å². The number of hydrogen-bond donors (Lipinski definition) is 2. The smallest absolute Gasteiger partial charge is 0.303 e. The predicted octanol–water partition coefficient (Wildman–Crippen LogP) is 5.44. The van der Waals surface area contributed by atoms with E-state index in [0.717, 1.165) is 42.4 Å². The molecule has 0 aliphatic carbocycles. The van der Waals surface area contributed by atoms with Crippen molar-refractivity contribution in [3.63, 3.8) is 0 Å². The van der Waals surface area contributed by atoms with Crippen LogP contribution in [0.1, 0.15) is 63.9 Å². The zero-order chi connectivity index (χ0) is 21.3. The number of nitrogens with one attached hydrogen (secondary N) is 1. The minimum atomic E-state index is -0.835. The molecule has 0 bridgehead atoms. The van der Waals surface area contributed by atoms with Gasteiger partial charge in [-0.15, -0.1) is 0 Å². The molecule has 0 spiro atoms. The molecular formula is C22H31NO4S2. The van der Waals surface area contributed by atoms with E-state index in [-0.39, 0.29) is 6.42 Å². The minimum absolute atomic E-state index is 0.0872. The molecule has 0 aliphatic heterocycles. The zero-order valence-corrected chi connectivity index (χ0v) is 18.7. The number of benzene rings is 1. The van der Waals surface area contributed by atoms with Crippen LogP contribution >= 0.6 is 24.0 Å². The third-order valence-corrected chi connectivity index (χ3v) is 5.29. The number of ether oxygens (including phenoxy) is 1. The molecule has 0 aliphatic rings. The van der Waals surface area contributed by atoms with Crippen LogP contribution < -0.4 is 10.1 Å². The summed E-state index contributed by atoms with van der Waals surface area (Å²) in [6, 6.07) is 7.62. The topological polar surface area (TPSA) is 75.6 Å². The number of carboxylic acid groups (broad SMARTS) is 1. The summed E-state index contributed by atoms with van der Waals surface area (Å²) in [5, 5.41) is 11.6. The lowest BCUT2D eigenvalue weighted by Crippen LogP contribution is -2.20. The van der Waals surface area contributed by atoms with Crippen molar-refractivity contribution < 1.29 is 19.4 Å². The molecule has 0 aromatic heterocycles. The predicted molar refractivity (Wildman–Crippen MR) is 124 cm³/mol. The van der Waals surface area contributed by atoms with Crippen molar-refractivity contribution in [1.29, 1.82) is 0 Å². The van der Waals surface area contributed by atoms with Crippen LogP contribution in [0.4, 0.5) is 0 Å². The molecule has 5 nitrogen and oxygen atoms in total. The summed E-state index contributed by atoms with van der Waals surface area (Å²) >= 11 is 6.35. The van der Waals surface area contributed by atoms with E-state index in [1.165, 1.54) is 32.1 Å². The van der Waals surface area contributed by atoms with Gasteiger partial charge in [0.05, 0.1) is 11.5 Å². The quantitative estimate of drug-likeness (QED) is 0.164. The van der Waals surface area contributed by atoms with Gasteiger partial charge in [0, 0.05) is 13.0 Å². The maximum absolute atomic E-state index is 11.3. The van der Waals surface area contributed by atoms with E-state index < -0.39 is 5.97 Å². The van der Waals surface area contributed by atoms with Gasteiger partial charge in [0.1, 0.15) is 10.1 Å². The molecule has 160 valence electrons. The molecule has 0 fully saturated rings. The molecule has 0 heterocycles. The monoisotopic (exact) mass is 437 g/mol. The number of carbonyl (C=O) groups excluding carboxylic acids is 1. The average Bonchev–Trinajstić information content (AvgIpc) is 2.71. The number of thioether (sulfide) groups is 1. The van der Waals surface area contributed by atoms with E-state index >= 15 is 0 Å². The highest BCUT2D eigenvalue weighted by Crippen LogP contribution is 2.20. The number of thiocarbonyl (C=S) groups is 1. The summed E-state index contributed by atoms with van der Waals surface area (Å²) in [5.41, 5.74) is 0.889. The molecule has 1 aromatic rings. The summed E-state index contributed by atoms with van der Waals surface area (Å²) in [5.74, 6) is -0.00937. The van der Waals surface area contributed by atoms with E-state index in [9.17, 15) is 9.59 Å². The Balaban J connectivity index is 2.37. The molecule has 0 atom stereocenters. The number of allylic oxidation sites excluding steroid dienone is 1. The zero-order valence-electron chi connectivity index (χ0n) is 17.0. The molecule has 1 rings (SSSR count). The molecule has 0 radical (unpaired) electrons. The molecule has 0 amide bonds. The number of aldehydes is 1. The van der Waals surface area contributed by atoms with Gasteiger partial charge in [-0.25, -0.2) is 0 Å². The highest BCUT2D eigenvalue weighted by atomic mass is 32.2. The highest BCUT2D eigenvalue weighted by molar-refractivity contribution is 8.26. The summed E-state index contributed by atoms with van der Waals surface area (Å²) in [7, 11) is 0. The summed E-state index contributed by atoms with van der Waals surface area (Å²) in [6.07, 6.45) is 10.5. The van der Waals surface area contributed by atoms with Gasteiger partial charge in [-0.3, -0.25) is 9.59 Å². The first-order valence-corrected chi connectivity index (χ1v) is 11.3. The van der Waals surface area contributed by atoms with Gasteiger partial charge in [-0.1, -0.05) is 75.1 Å². The number of carbonyl (C=O) groups is 2. The average molecular weight is 438 g/mol. The fraction of sp³-hybridized carbons (Fsp3) is 0.500. The van der Waals surface area contributed by atoms with E-state index in [1.54, 1.807) is 6.08 Å². The van der Waals surface area contributed by atoms with Crippen LogP contribution in [0.25, 0.3) is 6.08 Å². The number of aliphatic carboxylic acids is 1. The Labute approximate surface area is 183 Å². The van der Waals surface area contributed by atoms with E-state index in [2.05, 4.69) is 12.2 Å². The van der Waals surface area contributed by atoms with Crippen molar-refractivity contribution in [2.24, 2.45) is 0 Å². The van der Waals surface area contributed by atoms with Crippen LogP contribution in [0, 0.1) is 0 Å². The first kappa shape index (κ1) is 25.2. The van der Waals surface area contributed by atoms with Crippen LogP contribution in [-0.4, -0.2) is 34.8 Å². The standard InChI is InChI=1S/C22H31NO4S2/c1-2-3-4-5-6-7-15-27-19-12-10-18(11-13-19)16-20(17-24)29-22(28)23-14-8-9-21(25)26/h10-13,16-17H,2-9,14-15H2,1H3,(H,23,28)(H,25,26)/b20-16-. The van der Waals surface area contributed by atoms with Crippen molar-refractivity contribution in [3.8, 4) is 5.75 Å². The molecule has 0 saturated carbocycles. The fourth-order valence-corrected chi connectivity index (χ4v) is 3.58. The molecule has 0 unspecified atom stereocenters. The molecule has 7 heteroatoms. The van der Waals surface area contributed by atoms with Gasteiger partial charge < -0.3 is 15.2 Å². The Morgan fingerprint density at radius 1 is 1.14 bits per heavy atom. The fourth-order valence-electron chi connectivity index (χ4n) is 2.56. The first-order chi connectivity index (χ1) is 14.0. The SMILES string of the molecule is CCCCCCCCOc1ccc(/C=C(/C=O)SC(=S)NCCCC(=O)O)cc1. The van der Waals surface area contributed by atoms with Crippen LogP contribution in [0.3, 0.4) is 0 Å². The van der Waals surface area contributed by atoms with E-state index in [0.29, 0.717) is 22.2 Å². The van der Waals surface area contributed by atoms with E-state index in [4.69, 9.17) is 22.1 Å². The van der Waals surface area contributed by atoms with Crippen molar-refractivity contribution in [3.05, 3.63) is 34.7 Å². The summed E-state index contributed by atoms with van der Waals surface area (Å²) < 4.78 is 6.22. The number of rotatable bonds is 15. The van der Waals surface area contributed by atoms with Gasteiger partial charge in [-0.2, -0.15) is 0 Å². The Hall–Kier alpha value is -1.86. The number of carboxylic acids is 1. The number of hydrogen-bond acceptors (Lipinski definition) is 5. The first-order valence-electron chi connectivity index (χ1n) is 10.1. The van der Waals surface area contributed by atoms with Gasteiger partial charge in [0.25, 0.3) is 0 Å². The minimum Gasteiger partial charge on any atom is -0.494 e. The molecule has 0 saturated heterocycles. The van der Waals surface area contributed by atoms with Crippen molar-refractivity contribution in [1.82, 2.24) is 5.32 Å². The lowest BCUT2D eigenvalue weighted by Gasteiger charge is -2.07. The van der Waals surface area contributed by atoms with Crippen LogP contribution in [0.2, 0.25) is 0 Å². The second kappa shape index (κ2) is 16.0. The third kappa shape index (κ3) is 13.1. The van der Waals surface area contributed by atoms with Crippen molar-refractivity contribution in [2.75, 3.05) is 13.2 Å². The Kier molecular flexibility index (Phi) is 13.9.